The molecule has 2 rings (SSSR count). The molecule has 0 saturated heterocycles. The monoisotopic (exact) mass is 255 g/mol. The van der Waals surface area contributed by atoms with E-state index in [2.05, 4.69) is 0 Å². The lowest BCUT2D eigenvalue weighted by molar-refractivity contribution is 0.305. The Kier molecular flexibility index (Phi) is 3.82. The Labute approximate surface area is 112 Å². The Hall–Kier alpha value is -2.34. The van der Waals surface area contributed by atoms with Gasteiger partial charge in [-0.15, -0.1) is 0 Å². The summed E-state index contributed by atoms with van der Waals surface area (Å²) in [6.45, 7) is 4.22. The van der Waals surface area contributed by atoms with E-state index >= 15 is 0 Å². The zero-order valence-corrected chi connectivity index (χ0v) is 10.9. The molecule has 2 aromatic rings. The summed E-state index contributed by atoms with van der Waals surface area (Å²) >= 11 is 0. The second-order valence-corrected chi connectivity index (χ2v) is 4.45. The van der Waals surface area contributed by atoms with Gasteiger partial charge in [0, 0.05) is 5.56 Å². The molecule has 0 aromatic heterocycles. The van der Waals surface area contributed by atoms with Crippen LogP contribution in [0.4, 0.5) is 4.39 Å². The quantitative estimate of drug-likeness (QED) is 0.833. The molecule has 0 aliphatic rings. The molecule has 19 heavy (non-hydrogen) atoms. The first-order valence-electron chi connectivity index (χ1n) is 5.99. The molecule has 96 valence electrons. The van der Waals surface area contributed by atoms with Gasteiger partial charge in [0.25, 0.3) is 0 Å². The Balaban J connectivity index is 2.16. The van der Waals surface area contributed by atoms with Crippen molar-refractivity contribution >= 4 is 0 Å². The molecule has 0 N–H and O–H groups in total. The van der Waals surface area contributed by atoms with Gasteiger partial charge < -0.3 is 4.74 Å². The summed E-state index contributed by atoms with van der Waals surface area (Å²) in [6, 6.07) is 11.9. The number of nitriles is 1. The van der Waals surface area contributed by atoms with Crippen molar-refractivity contribution in [3.05, 3.63) is 64.5 Å². The molecule has 0 atom stereocenters. The summed E-state index contributed by atoms with van der Waals surface area (Å²) in [5.74, 6) is 0.355. The third kappa shape index (κ3) is 3.11. The maximum atomic E-state index is 13.2. The van der Waals surface area contributed by atoms with Gasteiger partial charge in [-0.2, -0.15) is 5.26 Å². The van der Waals surface area contributed by atoms with E-state index in [1.807, 2.05) is 38.1 Å². The third-order valence-corrected chi connectivity index (χ3v) is 3.06. The summed E-state index contributed by atoms with van der Waals surface area (Å²) < 4.78 is 18.8. The topological polar surface area (TPSA) is 33.0 Å². The lowest BCUT2D eigenvalue weighted by Gasteiger charge is -2.09. The number of rotatable bonds is 3. The van der Waals surface area contributed by atoms with E-state index in [0.717, 1.165) is 11.3 Å². The van der Waals surface area contributed by atoms with Crippen LogP contribution < -0.4 is 4.74 Å². The lowest BCUT2D eigenvalue weighted by Crippen LogP contribution is -1.99. The van der Waals surface area contributed by atoms with E-state index in [1.165, 1.54) is 23.8 Å². The molecule has 0 amide bonds. The fourth-order valence-electron chi connectivity index (χ4n) is 1.76. The maximum Gasteiger partial charge on any atom is 0.123 e. The molecular formula is C16H14FNO. The van der Waals surface area contributed by atoms with Crippen LogP contribution in [0.2, 0.25) is 0 Å². The molecule has 0 unspecified atom stereocenters. The van der Waals surface area contributed by atoms with Gasteiger partial charge in [-0.1, -0.05) is 6.07 Å². The SMILES string of the molecule is Cc1ccc(OCc2cc(F)ccc2C#N)cc1C. The summed E-state index contributed by atoms with van der Waals surface area (Å²) in [5, 5.41) is 8.96. The van der Waals surface area contributed by atoms with Crippen molar-refractivity contribution in [3.63, 3.8) is 0 Å². The van der Waals surface area contributed by atoms with Gasteiger partial charge in [0.05, 0.1) is 11.6 Å². The van der Waals surface area contributed by atoms with Gasteiger partial charge in [-0.3, -0.25) is 0 Å². The third-order valence-electron chi connectivity index (χ3n) is 3.06. The number of aryl methyl sites for hydroxylation is 2. The molecule has 0 radical (unpaired) electrons. The minimum atomic E-state index is -0.363. The van der Waals surface area contributed by atoms with E-state index in [1.54, 1.807) is 0 Å². The second kappa shape index (κ2) is 5.53. The van der Waals surface area contributed by atoms with Crippen LogP contribution >= 0.6 is 0 Å². The minimum absolute atomic E-state index is 0.184. The van der Waals surface area contributed by atoms with Gasteiger partial charge in [0.2, 0.25) is 0 Å². The molecule has 0 spiro atoms. The first-order valence-corrected chi connectivity index (χ1v) is 5.99. The Morgan fingerprint density at radius 3 is 2.58 bits per heavy atom. The van der Waals surface area contributed by atoms with Gasteiger partial charge in [-0.25, -0.2) is 4.39 Å². The highest BCUT2D eigenvalue weighted by Gasteiger charge is 2.05. The molecule has 2 aromatic carbocycles. The summed E-state index contributed by atoms with van der Waals surface area (Å²) in [7, 11) is 0. The van der Waals surface area contributed by atoms with Crippen LogP contribution in [0, 0.1) is 31.0 Å². The molecule has 0 aliphatic carbocycles. The molecule has 3 heteroatoms. The van der Waals surface area contributed by atoms with Gasteiger partial charge in [0.15, 0.2) is 0 Å². The van der Waals surface area contributed by atoms with Crippen LogP contribution in [0.1, 0.15) is 22.3 Å². The van der Waals surface area contributed by atoms with E-state index < -0.39 is 0 Å². The fraction of sp³-hybridized carbons (Fsp3) is 0.188. The van der Waals surface area contributed by atoms with Gasteiger partial charge >= 0.3 is 0 Å². The van der Waals surface area contributed by atoms with E-state index in [-0.39, 0.29) is 12.4 Å². The van der Waals surface area contributed by atoms with Gasteiger partial charge in [-0.05, 0) is 55.3 Å². The van der Waals surface area contributed by atoms with E-state index in [4.69, 9.17) is 10.00 Å². The van der Waals surface area contributed by atoms with Crippen LogP contribution in [0.5, 0.6) is 5.75 Å². The highest BCUT2D eigenvalue weighted by atomic mass is 19.1. The number of halogens is 1. The first-order chi connectivity index (χ1) is 9.10. The first kappa shape index (κ1) is 13.1. The number of ether oxygens (including phenoxy) is 1. The van der Waals surface area contributed by atoms with Crippen molar-refractivity contribution in [3.8, 4) is 11.8 Å². The number of benzene rings is 2. The van der Waals surface area contributed by atoms with Crippen LogP contribution in [-0.2, 0) is 6.61 Å². The van der Waals surface area contributed by atoms with E-state index in [9.17, 15) is 4.39 Å². The highest BCUT2D eigenvalue weighted by Crippen LogP contribution is 2.19. The largest absolute Gasteiger partial charge is 0.489 e. The summed E-state index contributed by atoms with van der Waals surface area (Å²) in [6.07, 6.45) is 0. The number of hydrogen-bond donors (Lipinski definition) is 0. The predicted octanol–water partition coefficient (Wildman–Crippen LogP) is 3.89. The highest BCUT2D eigenvalue weighted by molar-refractivity contribution is 5.38. The Bertz CT molecular complexity index is 644. The van der Waals surface area contributed by atoms with Gasteiger partial charge in [0.1, 0.15) is 18.2 Å². The smallest absolute Gasteiger partial charge is 0.123 e. The fourth-order valence-corrected chi connectivity index (χ4v) is 1.76. The predicted molar refractivity (Wildman–Crippen MR) is 71.4 cm³/mol. The standard InChI is InChI=1S/C16H14FNO/c1-11-3-6-16(7-12(11)2)19-10-14-8-15(17)5-4-13(14)9-18/h3-8H,10H2,1-2H3. The van der Waals surface area contributed by atoms with Crippen LogP contribution in [0.25, 0.3) is 0 Å². The normalized spacial score (nSPS) is 10.0. The molecule has 0 bridgehead atoms. The van der Waals surface area contributed by atoms with Crippen LogP contribution in [0.3, 0.4) is 0 Å². The summed E-state index contributed by atoms with van der Waals surface area (Å²) in [5.41, 5.74) is 3.32. The Morgan fingerprint density at radius 1 is 1.11 bits per heavy atom. The number of hydrogen-bond acceptors (Lipinski definition) is 2. The molecule has 0 heterocycles. The van der Waals surface area contributed by atoms with Crippen molar-refractivity contribution in [1.82, 2.24) is 0 Å². The minimum Gasteiger partial charge on any atom is -0.489 e. The molecule has 0 fully saturated rings. The zero-order chi connectivity index (χ0) is 13.8. The van der Waals surface area contributed by atoms with Crippen LogP contribution in [0.15, 0.2) is 36.4 Å². The lowest BCUT2D eigenvalue weighted by atomic mass is 10.1. The zero-order valence-electron chi connectivity index (χ0n) is 10.9. The molecule has 0 saturated carbocycles. The summed E-state index contributed by atoms with van der Waals surface area (Å²) in [4.78, 5) is 0. The van der Waals surface area contributed by atoms with Crippen LogP contribution in [-0.4, -0.2) is 0 Å². The van der Waals surface area contributed by atoms with Crippen molar-refractivity contribution in [1.29, 1.82) is 5.26 Å². The van der Waals surface area contributed by atoms with Crippen molar-refractivity contribution < 1.29 is 9.13 Å². The van der Waals surface area contributed by atoms with Crippen molar-refractivity contribution in [2.75, 3.05) is 0 Å². The maximum absolute atomic E-state index is 13.2. The second-order valence-electron chi connectivity index (χ2n) is 4.45. The number of nitrogens with zero attached hydrogens (tertiary/aromatic N) is 1. The van der Waals surface area contributed by atoms with E-state index in [0.29, 0.717) is 11.1 Å². The van der Waals surface area contributed by atoms with Crippen molar-refractivity contribution in [2.45, 2.75) is 20.5 Å². The van der Waals surface area contributed by atoms with Crippen molar-refractivity contribution in [2.24, 2.45) is 0 Å². The average molecular weight is 255 g/mol. The molecule has 2 nitrogen and oxygen atoms in total. The molecular weight excluding hydrogens is 241 g/mol. The molecule has 0 aliphatic heterocycles. The average Bonchev–Trinajstić information content (AvgIpc) is 2.40. The Morgan fingerprint density at radius 2 is 1.89 bits per heavy atom.